The van der Waals surface area contributed by atoms with Gasteiger partial charge < -0.3 is 19.7 Å². The molecule has 20 heavy (non-hydrogen) atoms. The quantitative estimate of drug-likeness (QED) is 0.513. The van der Waals surface area contributed by atoms with Gasteiger partial charge in [0.25, 0.3) is 0 Å². The van der Waals surface area contributed by atoms with Gasteiger partial charge in [-0.3, -0.25) is 4.79 Å². The van der Waals surface area contributed by atoms with Crippen LogP contribution in [0.5, 0.6) is 0 Å². The maximum Gasteiger partial charge on any atom is 0.326 e. The van der Waals surface area contributed by atoms with E-state index in [4.69, 9.17) is 9.47 Å². The first-order valence-electron chi connectivity index (χ1n) is 7.71. The van der Waals surface area contributed by atoms with Crippen LogP contribution in [0.4, 0.5) is 0 Å². The smallest absolute Gasteiger partial charge is 0.326 e. The summed E-state index contributed by atoms with van der Waals surface area (Å²) >= 11 is 0. The summed E-state index contributed by atoms with van der Waals surface area (Å²) in [5.41, 5.74) is -0.491. The molecule has 0 heterocycles. The Balaban J connectivity index is 2.57. The molecule has 0 aliphatic heterocycles. The number of likely N-dealkylation sites (N-methyl/N-ethyl adjacent to an activating group) is 1. The zero-order chi connectivity index (χ0) is 15.0. The summed E-state index contributed by atoms with van der Waals surface area (Å²) < 4.78 is 10.4. The summed E-state index contributed by atoms with van der Waals surface area (Å²) in [7, 11) is 3.58. The lowest BCUT2D eigenvalue weighted by molar-refractivity contribution is -0.148. The monoisotopic (exact) mass is 286 g/mol. The average Bonchev–Trinajstić information content (AvgIpc) is 2.90. The number of nitrogens with zero attached hydrogens (tertiary/aromatic N) is 1. The highest BCUT2D eigenvalue weighted by Crippen LogP contribution is 2.33. The van der Waals surface area contributed by atoms with Crippen LogP contribution in [0.3, 0.4) is 0 Å². The topological polar surface area (TPSA) is 50.8 Å². The van der Waals surface area contributed by atoms with E-state index in [0.717, 1.165) is 52.0 Å². The van der Waals surface area contributed by atoms with Crippen molar-refractivity contribution in [1.29, 1.82) is 0 Å². The fraction of sp³-hybridized carbons (Fsp3) is 0.933. The molecular formula is C15H30N2O3. The molecule has 0 saturated heterocycles. The van der Waals surface area contributed by atoms with Crippen LogP contribution in [-0.2, 0) is 14.3 Å². The summed E-state index contributed by atoms with van der Waals surface area (Å²) in [4.78, 5) is 14.4. The molecule has 5 heteroatoms. The van der Waals surface area contributed by atoms with E-state index in [0.29, 0.717) is 6.04 Å². The summed E-state index contributed by atoms with van der Waals surface area (Å²) in [5.74, 6) is -0.119. The maximum absolute atomic E-state index is 12.1. The molecule has 2 atom stereocenters. The second kappa shape index (κ2) is 8.60. The van der Waals surface area contributed by atoms with Crippen molar-refractivity contribution in [2.75, 3.05) is 40.5 Å². The Labute approximate surface area is 123 Å². The van der Waals surface area contributed by atoms with Gasteiger partial charge in [-0.15, -0.1) is 0 Å². The molecule has 118 valence electrons. The number of nitrogens with one attached hydrogen (secondary N) is 1. The van der Waals surface area contributed by atoms with Crippen LogP contribution in [0.1, 0.15) is 39.5 Å². The molecule has 1 aliphatic carbocycles. The Morgan fingerprint density at radius 3 is 2.80 bits per heavy atom. The van der Waals surface area contributed by atoms with Gasteiger partial charge >= 0.3 is 5.97 Å². The van der Waals surface area contributed by atoms with Gasteiger partial charge in [0.1, 0.15) is 5.54 Å². The van der Waals surface area contributed by atoms with Gasteiger partial charge in [0.05, 0.1) is 13.7 Å². The third kappa shape index (κ3) is 4.43. The summed E-state index contributed by atoms with van der Waals surface area (Å²) in [6, 6.07) is 0.416. The second-order valence-electron chi connectivity index (χ2n) is 5.57. The Morgan fingerprint density at radius 2 is 2.20 bits per heavy atom. The third-order valence-electron chi connectivity index (χ3n) is 4.19. The second-order valence-corrected chi connectivity index (χ2v) is 5.57. The summed E-state index contributed by atoms with van der Waals surface area (Å²) in [6.07, 6.45) is 3.71. The van der Waals surface area contributed by atoms with Crippen LogP contribution in [-0.4, -0.2) is 62.9 Å². The molecule has 0 aromatic heterocycles. The predicted molar refractivity (Wildman–Crippen MR) is 79.8 cm³/mol. The zero-order valence-electron chi connectivity index (χ0n) is 13.4. The first-order chi connectivity index (χ1) is 9.59. The fourth-order valence-corrected chi connectivity index (χ4v) is 2.91. The van der Waals surface area contributed by atoms with Crippen LogP contribution in [0.15, 0.2) is 0 Å². The van der Waals surface area contributed by atoms with E-state index in [-0.39, 0.29) is 5.97 Å². The molecule has 1 aliphatic rings. The van der Waals surface area contributed by atoms with Crippen molar-refractivity contribution in [2.24, 2.45) is 0 Å². The molecule has 1 saturated carbocycles. The van der Waals surface area contributed by atoms with Crippen molar-refractivity contribution in [3.8, 4) is 0 Å². The van der Waals surface area contributed by atoms with E-state index in [1.807, 2.05) is 6.92 Å². The number of methoxy groups -OCH3 is 1. The highest BCUT2D eigenvalue weighted by molar-refractivity contribution is 5.81. The molecular weight excluding hydrogens is 256 g/mol. The van der Waals surface area contributed by atoms with E-state index < -0.39 is 5.54 Å². The Hall–Kier alpha value is -0.650. The van der Waals surface area contributed by atoms with Gasteiger partial charge in [-0.1, -0.05) is 6.92 Å². The van der Waals surface area contributed by atoms with Crippen LogP contribution in [0.25, 0.3) is 0 Å². The summed E-state index contributed by atoms with van der Waals surface area (Å²) in [5, 5.41) is 3.42. The molecule has 2 unspecified atom stereocenters. The van der Waals surface area contributed by atoms with E-state index >= 15 is 0 Å². The normalized spacial score (nSPS) is 26.1. The van der Waals surface area contributed by atoms with Gasteiger partial charge in [-0.2, -0.15) is 0 Å². The minimum atomic E-state index is -0.491. The molecule has 0 aromatic carbocycles. The van der Waals surface area contributed by atoms with Crippen molar-refractivity contribution in [1.82, 2.24) is 10.2 Å². The molecule has 0 amide bonds. The van der Waals surface area contributed by atoms with Crippen LogP contribution >= 0.6 is 0 Å². The van der Waals surface area contributed by atoms with Crippen molar-refractivity contribution in [2.45, 2.75) is 51.1 Å². The number of carbonyl (C=O) groups excluding carboxylic acids is 1. The van der Waals surface area contributed by atoms with Crippen LogP contribution in [0.2, 0.25) is 0 Å². The number of rotatable bonds is 9. The number of hydrogen-bond donors (Lipinski definition) is 1. The molecule has 1 fully saturated rings. The average molecular weight is 286 g/mol. The third-order valence-corrected chi connectivity index (χ3v) is 4.19. The van der Waals surface area contributed by atoms with Crippen molar-refractivity contribution >= 4 is 5.97 Å². The molecule has 0 radical (unpaired) electrons. The fourth-order valence-electron chi connectivity index (χ4n) is 2.91. The largest absolute Gasteiger partial charge is 0.468 e. The first kappa shape index (κ1) is 17.4. The standard InChI is InChI=1S/C15H30N2O3/c1-5-9-16-15(14(18)19-4)8-7-13(12-15)17(3)10-11-20-6-2/h13,16H,5-12H2,1-4H3. The minimum Gasteiger partial charge on any atom is -0.468 e. The number of hydrogen-bond acceptors (Lipinski definition) is 5. The molecule has 1 rings (SSSR count). The highest BCUT2D eigenvalue weighted by atomic mass is 16.5. The number of carbonyl (C=O) groups is 1. The lowest BCUT2D eigenvalue weighted by atomic mass is 9.97. The highest BCUT2D eigenvalue weighted by Gasteiger charge is 2.46. The van der Waals surface area contributed by atoms with Gasteiger partial charge in [-0.05, 0) is 46.2 Å². The van der Waals surface area contributed by atoms with Gasteiger partial charge in [-0.25, -0.2) is 0 Å². The van der Waals surface area contributed by atoms with E-state index in [1.54, 1.807) is 0 Å². The number of ether oxygens (including phenoxy) is 2. The molecule has 0 aromatic rings. The summed E-state index contributed by atoms with van der Waals surface area (Å²) in [6.45, 7) is 7.37. The lowest BCUT2D eigenvalue weighted by Gasteiger charge is -2.30. The molecule has 0 spiro atoms. The van der Waals surface area contributed by atoms with Crippen LogP contribution < -0.4 is 5.32 Å². The zero-order valence-corrected chi connectivity index (χ0v) is 13.4. The van der Waals surface area contributed by atoms with Gasteiger partial charge in [0, 0.05) is 19.2 Å². The minimum absolute atomic E-state index is 0.119. The van der Waals surface area contributed by atoms with Gasteiger partial charge in [0.15, 0.2) is 0 Å². The molecule has 1 N–H and O–H groups in total. The van der Waals surface area contributed by atoms with Crippen molar-refractivity contribution in [3.05, 3.63) is 0 Å². The molecule has 0 bridgehead atoms. The van der Waals surface area contributed by atoms with Crippen molar-refractivity contribution in [3.63, 3.8) is 0 Å². The predicted octanol–water partition coefficient (Wildman–Crippen LogP) is 1.42. The maximum atomic E-state index is 12.1. The van der Waals surface area contributed by atoms with E-state index in [9.17, 15) is 4.79 Å². The Kier molecular flexibility index (Phi) is 7.48. The van der Waals surface area contributed by atoms with Crippen LogP contribution in [0, 0.1) is 0 Å². The Morgan fingerprint density at radius 1 is 1.45 bits per heavy atom. The van der Waals surface area contributed by atoms with Gasteiger partial charge in [0.2, 0.25) is 0 Å². The first-order valence-corrected chi connectivity index (χ1v) is 7.71. The SMILES string of the molecule is CCCNC1(C(=O)OC)CCC(N(C)CCOCC)C1. The van der Waals surface area contributed by atoms with E-state index in [2.05, 4.69) is 24.2 Å². The lowest BCUT2D eigenvalue weighted by Crippen LogP contribution is -2.52. The number of esters is 1. The molecule has 5 nitrogen and oxygen atoms in total. The van der Waals surface area contributed by atoms with Crippen molar-refractivity contribution < 1.29 is 14.3 Å². The Bertz CT molecular complexity index is 299. The van der Waals surface area contributed by atoms with E-state index in [1.165, 1.54) is 7.11 Å².